The summed E-state index contributed by atoms with van der Waals surface area (Å²) in [6.45, 7) is 10.7. The number of likely N-dealkylation sites (tertiary alicyclic amines) is 1. The van der Waals surface area contributed by atoms with Crippen molar-refractivity contribution in [2.24, 2.45) is 5.92 Å². The molecule has 5 heteroatoms. The fourth-order valence-electron chi connectivity index (χ4n) is 2.96. The van der Waals surface area contributed by atoms with Crippen LogP contribution in [0.4, 0.5) is 0 Å². The average Bonchev–Trinajstić information content (AvgIpc) is 2.89. The van der Waals surface area contributed by atoms with Crippen LogP contribution in [0.3, 0.4) is 0 Å². The van der Waals surface area contributed by atoms with Gasteiger partial charge in [-0.2, -0.15) is 0 Å². The van der Waals surface area contributed by atoms with Crippen LogP contribution in [0.15, 0.2) is 10.6 Å². The van der Waals surface area contributed by atoms with E-state index in [1.165, 1.54) is 0 Å². The van der Waals surface area contributed by atoms with E-state index in [2.05, 4.69) is 43.1 Å². The molecule has 1 aromatic heterocycles. The van der Waals surface area contributed by atoms with Gasteiger partial charge in [-0.3, -0.25) is 9.69 Å². The van der Waals surface area contributed by atoms with Gasteiger partial charge >= 0.3 is 0 Å². The summed E-state index contributed by atoms with van der Waals surface area (Å²) >= 11 is 0. The fraction of sp³-hybridized carbons (Fsp3) is 0.750. The Kier molecular flexibility index (Phi) is 3.56. The molecular weight excluding hydrogens is 266 g/mol. The van der Waals surface area contributed by atoms with Gasteiger partial charge in [0.05, 0.1) is 0 Å². The first-order valence-electron chi connectivity index (χ1n) is 7.91. The summed E-state index contributed by atoms with van der Waals surface area (Å²) < 4.78 is 5.34. The van der Waals surface area contributed by atoms with Crippen LogP contribution in [0.2, 0.25) is 0 Å². The molecule has 1 amide bonds. The lowest BCUT2D eigenvalue weighted by atomic mass is 10.1. The number of carbonyl (C=O) groups is 1. The minimum atomic E-state index is -0.114. The van der Waals surface area contributed by atoms with Crippen LogP contribution in [0, 0.1) is 5.92 Å². The van der Waals surface area contributed by atoms with E-state index in [0.717, 1.165) is 31.7 Å². The maximum atomic E-state index is 12.3. The topological polar surface area (TPSA) is 58.4 Å². The highest BCUT2D eigenvalue weighted by molar-refractivity contribution is 5.92. The molecule has 0 bridgehead atoms. The Morgan fingerprint density at radius 3 is 2.76 bits per heavy atom. The molecule has 0 radical (unpaired) electrons. The van der Waals surface area contributed by atoms with Gasteiger partial charge in [0.2, 0.25) is 0 Å². The highest BCUT2D eigenvalue weighted by Crippen LogP contribution is 2.47. The number of rotatable bonds is 4. The third kappa shape index (κ3) is 2.84. The van der Waals surface area contributed by atoms with Crippen LogP contribution < -0.4 is 5.32 Å². The molecule has 1 aliphatic heterocycles. The summed E-state index contributed by atoms with van der Waals surface area (Å²) in [5.74, 6) is 1.19. The Bertz CT molecular complexity index is 533. The van der Waals surface area contributed by atoms with E-state index < -0.39 is 0 Å². The normalized spacial score (nSPS) is 28.0. The fourth-order valence-corrected chi connectivity index (χ4v) is 2.96. The molecular formula is C16H25N3O2. The lowest BCUT2D eigenvalue weighted by Gasteiger charge is -2.20. The molecule has 116 valence electrons. The van der Waals surface area contributed by atoms with Crippen molar-refractivity contribution >= 4 is 5.91 Å². The van der Waals surface area contributed by atoms with E-state index in [4.69, 9.17) is 4.52 Å². The zero-order valence-corrected chi connectivity index (χ0v) is 13.3. The Hall–Kier alpha value is -1.36. The Labute approximate surface area is 126 Å². The van der Waals surface area contributed by atoms with E-state index in [1.807, 2.05) is 6.07 Å². The van der Waals surface area contributed by atoms with Gasteiger partial charge in [0.25, 0.3) is 5.91 Å². The van der Waals surface area contributed by atoms with Crippen molar-refractivity contribution in [2.75, 3.05) is 13.1 Å². The smallest absolute Gasteiger partial charge is 0.273 e. The molecule has 2 atom stereocenters. The first kappa shape index (κ1) is 14.6. The highest BCUT2D eigenvalue weighted by atomic mass is 16.5. The van der Waals surface area contributed by atoms with E-state index in [1.54, 1.807) is 0 Å². The van der Waals surface area contributed by atoms with Gasteiger partial charge in [-0.25, -0.2) is 0 Å². The number of aromatic nitrogens is 1. The van der Waals surface area contributed by atoms with Crippen molar-refractivity contribution < 1.29 is 9.32 Å². The third-order valence-electron chi connectivity index (χ3n) is 5.03. The van der Waals surface area contributed by atoms with Crippen LogP contribution >= 0.6 is 0 Å². The van der Waals surface area contributed by atoms with Crippen molar-refractivity contribution in [1.82, 2.24) is 15.4 Å². The molecule has 1 saturated carbocycles. The zero-order valence-electron chi connectivity index (χ0n) is 13.3. The summed E-state index contributed by atoms with van der Waals surface area (Å²) in [5, 5.41) is 7.06. The number of nitrogens with one attached hydrogen (secondary N) is 1. The van der Waals surface area contributed by atoms with Crippen LogP contribution in [-0.4, -0.2) is 41.1 Å². The first-order valence-corrected chi connectivity index (χ1v) is 7.91. The molecule has 5 nitrogen and oxygen atoms in total. The van der Waals surface area contributed by atoms with Crippen molar-refractivity contribution in [3.8, 4) is 0 Å². The molecule has 1 aliphatic carbocycles. The van der Waals surface area contributed by atoms with Crippen LogP contribution in [0.5, 0.6) is 0 Å². The van der Waals surface area contributed by atoms with Gasteiger partial charge in [0, 0.05) is 36.7 Å². The van der Waals surface area contributed by atoms with Gasteiger partial charge in [0.15, 0.2) is 5.69 Å². The van der Waals surface area contributed by atoms with Crippen LogP contribution in [-0.2, 0) is 5.41 Å². The summed E-state index contributed by atoms with van der Waals surface area (Å²) in [4.78, 5) is 14.7. The monoisotopic (exact) mass is 291 g/mol. The lowest BCUT2D eigenvalue weighted by Crippen LogP contribution is -2.40. The van der Waals surface area contributed by atoms with Crippen molar-refractivity contribution in [3.63, 3.8) is 0 Å². The van der Waals surface area contributed by atoms with Gasteiger partial charge in [-0.15, -0.1) is 0 Å². The molecule has 2 fully saturated rings. The SMILES string of the molecule is CC(C)N1C[C@H](C)[C@H](NC(=O)c2cc(C3(C)CC3)on2)C1. The van der Waals surface area contributed by atoms with Crippen molar-refractivity contribution in [1.29, 1.82) is 0 Å². The lowest BCUT2D eigenvalue weighted by molar-refractivity contribution is 0.0921. The number of amides is 1. The maximum Gasteiger partial charge on any atom is 0.273 e. The van der Waals surface area contributed by atoms with Crippen molar-refractivity contribution in [2.45, 2.75) is 58.0 Å². The van der Waals surface area contributed by atoms with Crippen LogP contribution in [0.25, 0.3) is 0 Å². The van der Waals surface area contributed by atoms with Gasteiger partial charge in [-0.1, -0.05) is 19.0 Å². The second-order valence-electron chi connectivity index (χ2n) is 7.24. The highest BCUT2D eigenvalue weighted by Gasteiger charge is 2.43. The number of hydrogen-bond acceptors (Lipinski definition) is 4. The molecule has 21 heavy (non-hydrogen) atoms. The summed E-state index contributed by atoms with van der Waals surface area (Å²) in [6, 6.07) is 2.52. The Balaban J connectivity index is 1.62. The van der Waals surface area contributed by atoms with E-state index >= 15 is 0 Å². The molecule has 1 N–H and O–H groups in total. The van der Waals surface area contributed by atoms with Crippen molar-refractivity contribution in [3.05, 3.63) is 17.5 Å². The molecule has 2 aliphatic rings. The number of nitrogens with zero attached hydrogens (tertiary/aromatic N) is 2. The van der Waals surface area contributed by atoms with E-state index in [-0.39, 0.29) is 17.4 Å². The Morgan fingerprint density at radius 2 is 2.19 bits per heavy atom. The molecule has 0 aromatic carbocycles. The summed E-state index contributed by atoms with van der Waals surface area (Å²) in [5.41, 5.74) is 0.522. The Morgan fingerprint density at radius 1 is 1.48 bits per heavy atom. The summed E-state index contributed by atoms with van der Waals surface area (Å²) in [6.07, 6.45) is 2.23. The second-order valence-corrected chi connectivity index (χ2v) is 7.24. The number of hydrogen-bond donors (Lipinski definition) is 1. The largest absolute Gasteiger partial charge is 0.360 e. The minimum absolute atomic E-state index is 0.112. The zero-order chi connectivity index (χ0) is 15.2. The number of carbonyl (C=O) groups excluding carboxylic acids is 1. The average molecular weight is 291 g/mol. The third-order valence-corrected chi connectivity index (χ3v) is 5.03. The van der Waals surface area contributed by atoms with Crippen LogP contribution in [0.1, 0.15) is 56.8 Å². The van der Waals surface area contributed by atoms with Gasteiger partial charge in [0.1, 0.15) is 5.76 Å². The predicted octanol–water partition coefficient (Wildman–Crippen LogP) is 2.18. The summed E-state index contributed by atoms with van der Waals surface area (Å²) in [7, 11) is 0. The molecule has 2 heterocycles. The standard InChI is InChI=1S/C16H25N3O2/c1-10(2)19-8-11(3)13(9-19)17-15(20)12-7-14(21-18-12)16(4)5-6-16/h7,10-11,13H,5-6,8-9H2,1-4H3,(H,17,20)/t11-,13+/m0/s1. The van der Waals surface area contributed by atoms with E-state index in [0.29, 0.717) is 17.7 Å². The molecule has 0 spiro atoms. The second kappa shape index (κ2) is 5.13. The molecule has 1 saturated heterocycles. The van der Waals surface area contributed by atoms with Gasteiger partial charge < -0.3 is 9.84 Å². The predicted molar refractivity (Wildman–Crippen MR) is 80.2 cm³/mol. The minimum Gasteiger partial charge on any atom is -0.360 e. The van der Waals surface area contributed by atoms with Gasteiger partial charge in [-0.05, 0) is 32.6 Å². The van der Waals surface area contributed by atoms with E-state index in [9.17, 15) is 4.79 Å². The molecule has 1 aromatic rings. The first-order chi connectivity index (χ1) is 9.89. The molecule has 3 rings (SSSR count). The quantitative estimate of drug-likeness (QED) is 0.924. The molecule has 0 unspecified atom stereocenters. The maximum absolute atomic E-state index is 12.3.